The van der Waals surface area contributed by atoms with Gasteiger partial charge in [-0.15, -0.1) is 0 Å². The standard InChI is InChI=1S/C15H16ClN5O/c16-13-12-9-5-1-2-7-11(9)19-15(22)18-8-4-3-6-10(17)14(20-12)21-13/h1-5,7,10H,6,8,17H2,(H,20,21)(H2,18,19,22)/b4-3+/t10-/m0/s1. The molecule has 0 saturated heterocycles. The Morgan fingerprint density at radius 2 is 2.09 bits per heavy atom. The van der Waals surface area contributed by atoms with Crippen molar-refractivity contribution in [3.8, 4) is 11.3 Å². The lowest BCUT2D eigenvalue weighted by Crippen LogP contribution is -2.28. The lowest BCUT2D eigenvalue weighted by atomic mass is 10.1. The van der Waals surface area contributed by atoms with Gasteiger partial charge in [-0.25, -0.2) is 9.78 Å². The van der Waals surface area contributed by atoms with E-state index < -0.39 is 0 Å². The number of aromatic nitrogens is 2. The van der Waals surface area contributed by atoms with Gasteiger partial charge in [0.2, 0.25) is 0 Å². The monoisotopic (exact) mass is 317 g/mol. The molecule has 6 nitrogen and oxygen atoms in total. The summed E-state index contributed by atoms with van der Waals surface area (Å²) in [6.45, 7) is 0.435. The molecule has 5 N–H and O–H groups in total. The first-order chi connectivity index (χ1) is 10.6. The van der Waals surface area contributed by atoms with Crippen molar-refractivity contribution >= 4 is 23.3 Å². The average Bonchev–Trinajstić information content (AvgIpc) is 2.89. The lowest BCUT2D eigenvalue weighted by Gasteiger charge is -2.10. The lowest BCUT2D eigenvalue weighted by molar-refractivity contribution is 0.253. The maximum Gasteiger partial charge on any atom is 0.319 e. The molecule has 22 heavy (non-hydrogen) atoms. The Kier molecular flexibility index (Phi) is 4.13. The van der Waals surface area contributed by atoms with Crippen molar-refractivity contribution in [2.45, 2.75) is 12.5 Å². The van der Waals surface area contributed by atoms with Gasteiger partial charge in [0, 0.05) is 12.1 Å². The molecule has 7 heteroatoms. The molecule has 0 fully saturated rings. The minimum Gasteiger partial charge on any atom is -0.334 e. The molecule has 2 aromatic rings. The predicted molar refractivity (Wildman–Crippen MR) is 86.7 cm³/mol. The van der Waals surface area contributed by atoms with Gasteiger partial charge in [0.1, 0.15) is 16.7 Å². The SMILES string of the molecule is N[C@H]1C/C=C/CNC(=O)Nc2ccccc2-c2nc1[nH]c2Cl. The number of H-pyrrole nitrogens is 1. The number of rotatable bonds is 0. The first-order valence-electron chi connectivity index (χ1n) is 6.95. The second kappa shape index (κ2) is 6.21. The highest BCUT2D eigenvalue weighted by Gasteiger charge is 2.18. The molecule has 2 amide bonds. The van der Waals surface area contributed by atoms with E-state index >= 15 is 0 Å². The Bertz CT molecular complexity index is 724. The number of urea groups is 1. The number of fused-ring (bicyclic) bond motifs is 4. The normalized spacial score (nSPS) is 19.7. The maximum atomic E-state index is 11.9. The minimum absolute atomic E-state index is 0.279. The summed E-state index contributed by atoms with van der Waals surface area (Å²) in [5, 5.41) is 5.96. The first kappa shape index (κ1) is 14.6. The van der Waals surface area contributed by atoms with Crippen LogP contribution in [0, 0.1) is 0 Å². The molecule has 1 atom stereocenters. The van der Waals surface area contributed by atoms with E-state index in [0.717, 1.165) is 5.56 Å². The second-order valence-corrected chi connectivity index (χ2v) is 5.36. The van der Waals surface area contributed by atoms with Gasteiger partial charge in [-0.05, 0) is 12.5 Å². The largest absolute Gasteiger partial charge is 0.334 e. The van der Waals surface area contributed by atoms with Gasteiger partial charge in [0.05, 0.1) is 11.7 Å². The van der Waals surface area contributed by atoms with Crippen molar-refractivity contribution in [3.63, 3.8) is 0 Å². The summed E-state index contributed by atoms with van der Waals surface area (Å²) < 4.78 is 0. The molecule has 114 valence electrons. The number of aromatic amines is 1. The molecule has 1 aliphatic heterocycles. The Morgan fingerprint density at radius 3 is 2.95 bits per heavy atom. The molecular weight excluding hydrogens is 302 g/mol. The number of anilines is 1. The Hall–Kier alpha value is -2.31. The second-order valence-electron chi connectivity index (χ2n) is 4.98. The van der Waals surface area contributed by atoms with Crippen molar-refractivity contribution in [2.24, 2.45) is 5.73 Å². The van der Waals surface area contributed by atoms with Crippen LogP contribution in [0.25, 0.3) is 11.3 Å². The third-order valence-corrected chi connectivity index (χ3v) is 3.67. The minimum atomic E-state index is -0.285. The fourth-order valence-corrected chi connectivity index (χ4v) is 2.52. The van der Waals surface area contributed by atoms with Gasteiger partial charge >= 0.3 is 6.03 Å². The third-order valence-electron chi connectivity index (χ3n) is 3.40. The summed E-state index contributed by atoms with van der Waals surface area (Å²) in [6.07, 6.45) is 4.37. The highest BCUT2D eigenvalue weighted by molar-refractivity contribution is 6.32. The van der Waals surface area contributed by atoms with Gasteiger partial charge in [-0.1, -0.05) is 42.0 Å². The van der Waals surface area contributed by atoms with Crippen molar-refractivity contribution in [2.75, 3.05) is 11.9 Å². The molecule has 1 aromatic carbocycles. The number of amides is 2. The first-order valence-corrected chi connectivity index (χ1v) is 7.33. The van der Waals surface area contributed by atoms with E-state index in [0.29, 0.717) is 35.3 Å². The van der Waals surface area contributed by atoms with Gasteiger partial charge < -0.3 is 21.4 Å². The van der Waals surface area contributed by atoms with Crippen molar-refractivity contribution < 1.29 is 4.79 Å². The number of carbonyl (C=O) groups excluding carboxylic acids is 1. The van der Waals surface area contributed by atoms with E-state index in [4.69, 9.17) is 17.3 Å². The molecule has 0 saturated carbocycles. The summed E-state index contributed by atoms with van der Waals surface area (Å²) >= 11 is 6.26. The number of benzene rings is 1. The van der Waals surface area contributed by atoms with Crippen molar-refractivity contribution in [1.82, 2.24) is 15.3 Å². The van der Waals surface area contributed by atoms with E-state index in [9.17, 15) is 4.79 Å². The summed E-state index contributed by atoms with van der Waals surface area (Å²) in [5.74, 6) is 0.623. The van der Waals surface area contributed by atoms with Gasteiger partial charge in [0.15, 0.2) is 0 Å². The smallest absolute Gasteiger partial charge is 0.319 e. The summed E-state index contributed by atoms with van der Waals surface area (Å²) in [6, 6.07) is 6.79. The van der Waals surface area contributed by atoms with Crippen LogP contribution in [0.1, 0.15) is 18.3 Å². The number of nitrogens with one attached hydrogen (secondary N) is 3. The van der Waals surface area contributed by atoms with Crippen LogP contribution in [-0.4, -0.2) is 22.5 Å². The van der Waals surface area contributed by atoms with Crippen molar-refractivity contribution in [3.05, 3.63) is 47.4 Å². The summed E-state index contributed by atoms with van der Waals surface area (Å²) in [7, 11) is 0. The molecule has 0 radical (unpaired) electrons. The molecular formula is C15H16ClN5O. The zero-order chi connectivity index (χ0) is 15.5. The number of imidazole rings is 1. The van der Waals surface area contributed by atoms with Crippen LogP contribution in [0.15, 0.2) is 36.4 Å². The van der Waals surface area contributed by atoms with Gasteiger partial charge in [-0.2, -0.15) is 0 Å². The number of halogens is 1. The molecule has 0 unspecified atom stereocenters. The highest BCUT2D eigenvalue weighted by Crippen LogP contribution is 2.32. The van der Waals surface area contributed by atoms with Crippen LogP contribution in [0.2, 0.25) is 5.15 Å². The Labute approximate surface area is 132 Å². The van der Waals surface area contributed by atoms with Crippen LogP contribution < -0.4 is 16.4 Å². The number of carbonyl (C=O) groups is 1. The van der Waals surface area contributed by atoms with Crippen LogP contribution in [0.4, 0.5) is 10.5 Å². The molecule has 1 aliphatic rings. The Balaban J connectivity index is 2.09. The van der Waals surface area contributed by atoms with E-state index in [1.165, 1.54) is 0 Å². The predicted octanol–water partition coefficient (Wildman–Crippen LogP) is 2.81. The zero-order valence-corrected chi connectivity index (χ0v) is 12.5. The number of hydrogen-bond acceptors (Lipinski definition) is 3. The van der Waals surface area contributed by atoms with Crippen LogP contribution in [0.5, 0.6) is 0 Å². The molecule has 0 aliphatic carbocycles. The number of nitrogens with zero attached hydrogens (tertiary/aromatic N) is 1. The van der Waals surface area contributed by atoms with Crippen LogP contribution >= 0.6 is 11.6 Å². The van der Waals surface area contributed by atoms with Gasteiger partial charge in [-0.3, -0.25) is 0 Å². The zero-order valence-electron chi connectivity index (χ0n) is 11.8. The Morgan fingerprint density at radius 1 is 1.27 bits per heavy atom. The average molecular weight is 318 g/mol. The molecule has 2 heterocycles. The van der Waals surface area contributed by atoms with Crippen molar-refractivity contribution in [1.29, 1.82) is 0 Å². The number of hydrogen-bond donors (Lipinski definition) is 4. The molecule has 3 rings (SSSR count). The van der Waals surface area contributed by atoms with E-state index in [-0.39, 0.29) is 12.1 Å². The van der Waals surface area contributed by atoms with Gasteiger partial charge in [0.25, 0.3) is 0 Å². The van der Waals surface area contributed by atoms with E-state index in [1.807, 2.05) is 30.4 Å². The molecule has 1 aromatic heterocycles. The van der Waals surface area contributed by atoms with Crippen LogP contribution in [-0.2, 0) is 0 Å². The fraction of sp³-hybridized carbons (Fsp3) is 0.200. The third kappa shape index (κ3) is 2.98. The summed E-state index contributed by atoms with van der Waals surface area (Å²) in [5.41, 5.74) is 8.06. The number of para-hydroxylation sites is 1. The van der Waals surface area contributed by atoms with E-state index in [1.54, 1.807) is 6.07 Å². The van der Waals surface area contributed by atoms with Crippen LogP contribution in [0.3, 0.4) is 0 Å². The fourth-order valence-electron chi connectivity index (χ4n) is 2.28. The van der Waals surface area contributed by atoms with E-state index in [2.05, 4.69) is 20.6 Å². The topological polar surface area (TPSA) is 95.8 Å². The number of nitrogens with two attached hydrogens (primary N) is 1. The maximum absolute atomic E-state index is 11.9. The molecule has 2 bridgehead atoms. The highest BCUT2D eigenvalue weighted by atomic mass is 35.5. The quantitative estimate of drug-likeness (QED) is 0.563. The summed E-state index contributed by atoms with van der Waals surface area (Å²) in [4.78, 5) is 19.4. The molecule has 0 spiro atoms.